The predicted octanol–water partition coefficient (Wildman–Crippen LogP) is 4.84. The Morgan fingerprint density at radius 1 is 0.893 bits per heavy atom. The number of nitrogens with one attached hydrogen (secondary N) is 1. The van der Waals surface area contributed by atoms with Crippen molar-refractivity contribution in [2.75, 3.05) is 0 Å². The third-order valence-corrected chi connectivity index (χ3v) is 6.06. The maximum atomic E-state index is 13.4. The quantitative estimate of drug-likeness (QED) is 0.684. The van der Waals surface area contributed by atoms with E-state index in [1.54, 1.807) is 51.1 Å². The number of alkyl carbamates (subject to hydrolysis) is 1. The van der Waals surface area contributed by atoms with Crippen LogP contribution < -0.4 is 5.32 Å². The first kappa shape index (κ1) is 19.9. The molecule has 0 aliphatic carbocycles. The van der Waals surface area contributed by atoms with Crippen molar-refractivity contribution in [3.63, 3.8) is 0 Å². The number of carbonyl (C=O) groups is 1. The summed E-state index contributed by atoms with van der Waals surface area (Å²) < 4.78 is 32.1. The molecule has 0 bridgehead atoms. The number of hydrogen-bond donors (Lipinski definition) is 1. The van der Waals surface area contributed by atoms with E-state index in [1.165, 1.54) is 12.1 Å². The highest BCUT2D eigenvalue weighted by atomic mass is 32.2. The van der Waals surface area contributed by atoms with Gasteiger partial charge in [0.05, 0.1) is 4.90 Å². The van der Waals surface area contributed by atoms with E-state index in [0.717, 1.165) is 10.8 Å². The molecule has 6 heteroatoms. The molecule has 1 N–H and O–H groups in total. The summed E-state index contributed by atoms with van der Waals surface area (Å²) in [5.74, 6) is 0. The van der Waals surface area contributed by atoms with Crippen LogP contribution in [0.1, 0.15) is 31.7 Å². The number of sulfone groups is 1. The zero-order valence-electron chi connectivity index (χ0n) is 16.0. The Bertz CT molecular complexity index is 1080. The molecule has 3 aromatic rings. The molecule has 3 rings (SSSR count). The third-order valence-electron chi connectivity index (χ3n) is 4.14. The lowest BCUT2D eigenvalue weighted by Crippen LogP contribution is -2.38. The molecule has 28 heavy (non-hydrogen) atoms. The second-order valence-electron chi connectivity index (χ2n) is 7.45. The van der Waals surface area contributed by atoms with Crippen LogP contribution in [0.4, 0.5) is 4.79 Å². The van der Waals surface area contributed by atoms with Crippen molar-refractivity contribution in [2.45, 2.75) is 36.6 Å². The summed E-state index contributed by atoms with van der Waals surface area (Å²) in [6.07, 6.45) is -0.787. The molecule has 0 aromatic heterocycles. The highest BCUT2D eigenvalue weighted by Gasteiger charge is 2.33. The summed E-state index contributed by atoms with van der Waals surface area (Å²) in [5.41, 5.74) is -0.253. The third kappa shape index (κ3) is 4.34. The van der Waals surface area contributed by atoms with Gasteiger partial charge < -0.3 is 10.1 Å². The van der Waals surface area contributed by atoms with Gasteiger partial charge in [-0.3, -0.25) is 0 Å². The first-order chi connectivity index (χ1) is 13.2. The topological polar surface area (TPSA) is 72.5 Å². The molecule has 0 aliphatic rings. The van der Waals surface area contributed by atoms with Crippen molar-refractivity contribution in [3.8, 4) is 0 Å². The molecule has 0 spiro atoms. The minimum Gasteiger partial charge on any atom is -0.444 e. The molecular formula is C22H23NO4S. The Balaban J connectivity index is 2.13. The zero-order valence-corrected chi connectivity index (χ0v) is 16.9. The molecule has 1 amide bonds. The van der Waals surface area contributed by atoms with Crippen LogP contribution in [-0.4, -0.2) is 20.1 Å². The monoisotopic (exact) mass is 397 g/mol. The molecule has 0 aliphatic heterocycles. The van der Waals surface area contributed by atoms with Crippen molar-refractivity contribution in [1.29, 1.82) is 0 Å². The SMILES string of the molecule is CC(C)(C)OC(=O)NC(c1cccc2ccccc12)S(=O)(=O)c1ccccc1. The fraction of sp³-hybridized carbons (Fsp3) is 0.227. The van der Waals surface area contributed by atoms with Crippen LogP contribution in [0.25, 0.3) is 10.8 Å². The van der Waals surface area contributed by atoms with Gasteiger partial charge in [-0.25, -0.2) is 13.2 Å². The van der Waals surface area contributed by atoms with Gasteiger partial charge in [0.15, 0.2) is 5.37 Å². The van der Waals surface area contributed by atoms with Crippen molar-refractivity contribution in [2.24, 2.45) is 0 Å². The molecule has 1 unspecified atom stereocenters. The van der Waals surface area contributed by atoms with E-state index in [2.05, 4.69) is 5.32 Å². The molecule has 5 nitrogen and oxygen atoms in total. The maximum absolute atomic E-state index is 13.4. The maximum Gasteiger partial charge on any atom is 0.408 e. The molecule has 1 atom stereocenters. The Morgan fingerprint density at radius 3 is 2.18 bits per heavy atom. The lowest BCUT2D eigenvalue weighted by Gasteiger charge is -2.25. The smallest absolute Gasteiger partial charge is 0.408 e. The summed E-state index contributed by atoms with van der Waals surface area (Å²) in [5, 5.41) is 2.93. The van der Waals surface area contributed by atoms with E-state index in [9.17, 15) is 13.2 Å². The normalized spacial score (nSPS) is 13.1. The van der Waals surface area contributed by atoms with Gasteiger partial charge in [-0.2, -0.15) is 0 Å². The first-order valence-corrected chi connectivity index (χ1v) is 10.5. The lowest BCUT2D eigenvalue weighted by atomic mass is 10.0. The Labute approximate surface area is 165 Å². The molecule has 0 radical (unpaired) electrons. The van der Waals surface area contributed by atoms with Crippen LogP contribution in [0.15, 0.2) is 77.7 Å². The Hall–Kier alpha value is -2.86. The fourth-order valence-electron chi connectivity index (χ4n) is 2.96. The predicted molar refractivity (Wildman–Crippen MR) is 110 cm³/mol. The van der Waals surface area contributed by atoms with E-state index in [4.69, 9.17) is 4.74 Å². The number of rotatable bonds is 4. The van der Waals surface area contributed by atoms with Gasteiger partial charge in [0.2, 0.25) is 9.84 Å². The van der Waals surface area contributed by atoms with E-state index >= 15 is 0 Å². The van der Waals surface area contributed by atoms with Crippen LogP contribution in [0.3, 0.4) is 0 Å². The summed E-state index contributed by atoms with van der Waals surface area (Å²) in [6, 6.07) is 20.9. The van der Waals surface area contributed by atoms with Crippen molar-refractivity contribution in [1.82, 2.24) is 5.32 Å². The van der Waals surface area contributed by atoms with Gasteiger partial charge in [-0.1, -0.05) is 60.7 Å². The molecule has 0 fully saturated rings. The van der Waals surface area contributed by atoms with Gasteiger partial charge >= 0.3 is 6.09 Å². The van der Waals surface area contributed by atoms with E-state index in [-0.39, 0.29) is 4.90 Å². The van der Waals surface area contributed by atoms with Crippen LogP contribution in [0, 0.1) is 0 Å². The zero-order chi connectivity index (χ0) is 20.4. The van der Waals surface area contributed by atoms with Crippen LogP contribution in [-0.2, 0) is 14.6 Å². The van der Waals surface area contributed by atoms with Gasteiger partial charge in [-0.05, 0) is 49.2 Å². The van der Waals surface area contributed by atoms with E-state index < -0.39 is 26.9 Å². The van der Waals surface area contributed by atoms with E-state index in [0.29, 0.717) is 5.56 Å². The number of benzene rings is 3. The highest BCUT2D eigenvalue weighted by molar-refractivity contribution is 7.91. The van der Waals surface area contributed by atoms with E-state index in [1.807, 2.05) is 30.3 Å². The largest absolute Gasteiger partial charge is 0.444 e. The first-order valence-electron chi connectivity index (χ1n) is 8.94. The van der Waals surface area contributed by atoms with Crippen molar-refractivity contribution >= 4 is 26.7 Å². The average Bonchev–Trinajstić information content (AvgIpc) is 2.65. The van der Waals surface area contributed by atoms with Crippen LogP contribution in [0.2, 0.25) is 0 Å². The summed E-state index contributed by atoms with van der Waals surface area (Å²) in [4.78, 5) is 12.6. The van der Waals surface area contributed by atoms with Crippen LogP contribution >= 0.6 is 0 Å². The Kier molecular flexibility index (Phi) is 5.42. The molecule has 0 heterocycles. The van der Waals surface area contributed by atoms with Crippen molar-refractivity contribution in [3.05, 3.63) is 78.4 Å². The molecule has 0 saturated heterocycles. The lowest BCUT2D eigenvalue weighted by molar-refractivity contribution is 0.0519. The fourth-order valence-corrected chi connectivity index (χ4v) is 4.56. The highest BCUT2D eigenvalue weighted by Crippen LogP contribution is 2.32. The minimum atomic E-state index is -3.91. The standard InChI is InChI=1S/C22H23NO4S/c1-22(2,3)27-21(24)23-20(28(25,26)17-12-5-4-6-13-17)19-15-9-11-16-10-7-8-14-18(16)19/h4-15,20H,1-3H3,(H,23,24). The number of amides is 1. The number of fused-ring (bicyclic) bond motifs is 1. The summed E-state index contributed by atoms with van der Waals surface area (Å²) in [7, 11) is -3.91. The average molecular weight is 397 g/mol. The van der Waals surface area contributed by atoms with Gasteiger partial charge in [0.25, 0.3) is 0 Å². The molecule has 146 valence electrons. The number of ether oxygens (including phenoxy) is 1. The second-order valence-corrected chi connectivity index (χ2v) is 9.49. The molecular weight excluding hydrogens is 374 g/mol. The number of carbonyl (C=O) groups excluding carboxylic acids is 1. The minimum absolute atomic E-state index is 0.129. The molecule has 3 aromatic carbocycles. The summed E-state index contributed by atoms with van der Waals surface area (Å²) in [6.45, 7) is 5.18. The van der Waals surface area contributed by atoms with Gasteiger partial charge in [0.1, 0.15) is 5.60 Å². The van der Waals surface area contributed by atoms with Crippen LogP contribution in [0.5, 0.6) is 0 Å². The Morgan fingerprint density at radius 2 is 1.50 bits per heavy atom. The van der Waals surface area contributed by atoms with Gasteiger partial charge in [-0.15, -0.1) is 0 Å². The van der Waals surface area contributed by atoms with Crippen molar-refractivity contribution < 1.29 is 17.9 Å². The summed E-state index contributed by atoms with van der Waals surface area (Å²) >= 11 is 0. The number of hydrogen-bond acceptors (Lipinski definition) is 4. The second kappa shape index (κ2) is 7.64. The molecule has 0 saturated carbocycles. The van der Waals surface area contributed by atoms with Gasteiger partial charge in [0, 0.05) is 0 Å².